The third-order valence-electron chi connectivity index (χ3n) is 3.16. The number of nitrogens with one attached hydrogen (secondary N) is 1. The number of hydrogen-bond donors (Lipinski definition) is 2. The number of piperidine rings is 1. The molecule has 2 N–H and O–H groups in total. The molecule has 3 nitrogen and oxygen atoms in total. The SMILES string of the molecule is C/C=C\C=C(/C)C1(OCC)CCNCC1O.CC. The predicted octanol–water partition coefficient (Wildman–Crippen LogP) is 2.66. The Morgan fingerprint density at radius 2 is 2.17 bits per heavy atom. The van der Waals surface area contributed by atoms with Gasteiger partial charge < -0.3 is 15.2 Å². The van der Waals surface area contributed by atoms with Crippen molar-refractivity contribution in [1.82, 2.24) is 5.32 Å². The maximum Gasteiger partial charge on any atom is 0.117 e. The van der Waals surface area contributed by atoms with Crippen LogP contribution in [0, 0.1) is 0 Å². The Balaban J connectivity index is 0.00000137. The van der Waals surface area contributed by atoms with Crippen LogP contribution in [-0.4, -0.2) is 36.5 Å². The van der Waals surface area contributed by atoms with Crippen LogP contribution in [0.3, 0.4) is 0 Å². The summed E-state index contributed by atoms with van der Waals surface area (Å²) in [5.74, 6) is 0. The first kappa shape index (κ1) is 17.4. The first-order chi connectivity index (χ1) is 8.67. The molecule has 106 valence electrons. The van der Waals surface area contributed by atoms with E-state index in [9.17, 15) is 5.11 Å². The van der Waals surface area contributed by atoms with Gasteiger partial charge in [-0.05, 0) is 39.3 Å². The first-order valence-electron chi connectivity index (χ1n) is 7.00. The predicted molar refractivity (Wildman–Crippen MR) is 77.8 cm³/mol. The zero-order valence-electron chi connectivity index (χ0n) is 12.5. The largest absolute Gasteiger partial charge is 0.388 e. The fourth-order valence-corrected chi connectivity index (χ4v) is 2.23. The number of aliphatic hydroxyl groups excluding tert-OH is 1. The molecular formula is C15H29NO2. The average Bonchev–Trinajstić information content (AvgIpc) is 2.41. The van der Waals surface area contributed by atoms with E-state index >= 15 is 0 Å². The monoisotopic (exact) mass is 255 g/mol. The number of rotatable bonds is 4. The summed E-state index contributed by atoms with van der Waals surface area (Å²) < 4.78 is 5.85. The minimum Gasteiger partial charge on any atom is -0.388 e. The zero-order valence-corrected chi connectivity index (χ0v) is 12.5. The van der Waals surface area contributed by atoms with Crippen molar-refractivity contribution in [1.29, 1.82) is 0 Å². The Labute approximate surface area is 112 Å². The molecule has 2 unspecified atom stereocenters. The number of allylic oxidation sites excluding steroid dienone is 3. The second kappa shape index (κ2) is 9.31. The molecule has 0 aromatic heterocycles. The molecule has 1 rings (SSSR count). The van der Waals surface area contributed by atoms with E-state index in [1.54, 1.807) is 0 Å². The maximum absolute atomic E-state index is 10.2. The topological polar surface area (TPSA) is 41.5 Å². The normalized spacial score (nSPS) is 29.0. The van der Waals surface area contributed by atoms with E-state index in [2.05, 4.69) is 5.32 Å². The molecule has 1 aliphatic rings. The van der Waals surface area contributed by atoms with Gasteiger partial charge in [-0.2, -0.15) is 0 Å². The summed E-state index contributed by atoms with van der Waals surface area (Å²) in [6.07, 6.45) is 6.36. The van der Waals surface area contributed by atoms with Crippen LogP contribution in [0.4, 0.5) is 0 Å². The van der Waals surface area contributed by atoms with Gasteiger partial charge in [0, 0.05) is 13.2 Å². The quantitative estimate of drug-likeness (QED) is 0.759. The lowest BCUT2D eigenvalue weighted by atomic mass is 9.82. The van der Waals surface area contributed by atoms with E-state index in [4.69, 9.17) is 4.74 Å². The number of ether oxygens (including phenoxy) is 1. The van der Waals surface area contributed by atoms with Crippen molar-refractivity contribution in [3.8, 4) is 0 Å². The Kier molecular flexibility index (Phi) is 8.98. The summed E-state index contributed by atoms with van der Waals surface area (Å²) >= 11 is 0. The molecule has 1 heterocycles. The van der Waals surface area contributed by atoms with Crippen LogP contribution in [0.5, 0.6) is 0 Å². The lowest BCUT2D eigenvalue weighted by molar-refractivity contribution is -0.109. The van der Waals surface area contributed by atoms with Gasteiger partial charge in [0.25, 0.3) is 0 Å². The molecule has 0 aromatic carbocycles. The number of aliphatic hydroxyl groups is 1. The van der Waals surface area contributed by atoms with Crippen LogP contribution in [0.15, 0.2) is 23.8 Å². The van der Waals surface area contributed by atoms with Crippen molar-refractivity contribution in [2.45, 2.75) is 52.7 Å². The molecule has 3 heteroatoms. The zero-order chi connectivity index (χ0) is 14.0. The lowest BCUT2D eigenvalue weighted by Crippen LogP contribution is -2.56. The van der Waals surface area contributed by atoms with Crippen LogP contribution in [0.2, 0.25) is 0 Å². The highest BCUT2D eigenvalue weighted by Crippen LogP contribution is 2.31. The molecule has 1 saturated heterocycles. The summed E-state index contributed by atoms with van der Waals surface area (Å²) in [5.41, 5.74) is 0.598. The van der Waals surface area contributed by atoms with Crippen molar-refractivity contribution in [3.63, 3.8) is 0 Å². The smallest absolute Gasteiger partial charge is 0.117 e. The van der Waals surface area contributed by atoms with Crippen molar-refractivity contribution in [2.24, 2.45) is 0 Å². The van der Waals surface area contributed by atoms with Crippen LogP contribution in [0.1, 0.15) is 41.0 Å². The molecule has 0 saturated carbocycles. The molecule has 0 spiro atoms. The van der Waals surface area contributed by atoms with Gasteiger partial charge in [-0.25, -0.2) is 0 Å². The molecule has 0 amide bonds. The fraction of sp³-hybridized carbons (Fsp3) is 0.733. The summed E-state index contributed by atoms with van der Waals surface area (Å²) in [4.78, 5) is 0. The second-order valence-corrected chi connectivity index (χ2v) is 4.17. The third-order valence-corrected chi connectivity index (χ3v) is 3.16. The van der Waals surface area contributed by atoms with Crippen LogP contribution in [-0.2, 0) is 4.74 Å². The van der Waals surface area contributed by atoms with E-state index in [1.165, 1.54) is 0 Å². The highest BCUT2D eigenvalue weighted by Gasteiger charge is 2.41. The first-order valence-corrected chi connectivity index (χ1v) is 7.00. The molecule has 1 aliphatic heterocycles. The fourth-order valence-electron chi connectivity index (χ4n) is 2.23. The molecule has 18 heavy (non-hydrogen) atoms. The van der Waals surface area contributed by atoms with Gasteiger partial charge in [-0.15, -0.1) is 0 Å². The van der Waals surface area contributed by atoms with E-state index in [0.29, 0.717) is 13.2 Å². The molecule has 0 radical (unpaired) electrons. The molecule has 0 aliphatic carbocycles. The van der Waals surface area contributed by atoms with Crippen molar-refractivity contribution >= 4 is 0 Å². The van der Waals surface area contributed by atoms with E-state index < -0.39 is 11.7 Å². The minimum absolute atomic E-state index is 0.470. The highest BCUT2D eigenvalue weighted by atomic mass is 16.5. The lowest BCUT2D eigenvalue weighted by Gasteiger charge is -2.42. The standard InChI is InChI=1S/C13H23NO2.C2H6/c1-4-6-7-11(3)13(16-5-2)8-9-14-10-12(13)15;1-2/h4,6-7,12,14-15H,5,8-10H2,1-3H3;1-2H3/b6-4-,11-7+;. The van der Waals surface area contributed by atoms with Gasteiger partial charge >= 0.3 is 0 Å². The second-order valence-electron chi connectivity index (χ2n) is 4.17. The van der Waals surface area contributed by atoms with E-state index in [-0.39, 0.29) is 0 Å². The van der Waals surface area contributed by atoms with Gasteiger partial charge in [0.15, 0.2) is 0 Å². The van der Waals surface area contributed by atoms with Crippen molar-refractivity contribution < 1.29 is 9.84 Å². The number of β-amino-alcohol motifs (C(OH)–C–C–N with tert-alkyl or cyclic N) is 1. The van der Waals surface area contributed by atoms with Crippen LogP contribution >= 0.6 is 0 Å². The Morgan fingerprint density at radius 3 is 2.67 bits per heavy atom. The third kappa shape index (κ3) is 4.23. The Morgan fingerprint density at radius 1 is 1.50 bits per heavy atom. The van der Waals surface area contributed by atoms with Gasteiger partial charge in [0.05, 0.1) is 6.10 Å². The molecule has 2 atom stereocenters. The van der Waals surface area contributed by atoms with Crippen LogP contribution in [0.25, 0.3) is 0 Å². The Bertz CT molecular complexity index is 270. The van der Waals surface area contributed by atoms with Crippen molar-refractivity contribution in [3.05, 3.63) is 23.8 Å². The van der Waals surface area contributed by atoms with E-state index in [0.717, 1.165) is 18.5 Å². The van der Waals surface area contributed by atoms with Crippen molar-refractivity contribution in [2.75, 3.05) is 19.7 Å². The summed E-state index contributed by atoms with van der Waals surface area (Å²) in [5, 5.41) is 13.4. The van der Waals surface area contributed by atoms with Gasteiger partial charge in [0.1, 0.15) is 5.60 Å². The molecular weight excluding hydrogens is 226 g/mol. The molecule has 1 fully saturated rings. The average molecular weight is 255 g/mol. The number of hydrogen-bond acceptors (Lipinski definition) is 3. The Hall–Kier alpha value is -0.640. The maximum atomic E-state index is 10.2. The van der Waals surface area contributed by atoms with E-state index in [1.807, 2.05) is 52.8 Å². The minimum atomic E-state index is -0.500. The van der Waals surface area contributed by atoms with Gasteiger partial charge in [0.2, 0.25) is 0 Å². The van der Waals surface area contributed by atoms with Gasteiger partial charge in [-0.3, -0.25) is 0 Å². The molecule has 0 bridgehead atoms. The highest BCUT2D eigenvalue weighted by molar-refractivity contribution is 5.24. The summed E-state index contributed by atoms with van der Waals surface area (Å²) in [7, 11) is 0. The van der Waals surface area contributed by atoms with Crippen LogP contribution < -0.4 is 5.32 Å². The summed E-state index contributed by atoms with van der Waals surface area (Å²) in [6.45, 7) is 12.1. The molecule has 0 aromatic rings. The summed E-state index contributed by atoms with van der Waals surface area (Å²) in [6, 6.07) is 0. The van der Waals surface area contributed by atoms with Gasteiger partial charge in [-0.1, -0.05) is 32.1 Å².